The Morgan fingerprint density at radius 1 is 1.30 bits per heavy atom. The Balaban J connectivity index is 2.50. The van der Waals surface area contributed by atoms with Gasteiger partial charge >= 0.3 is 11.9 Å². The maximum Gasteiger partial charge on any atom is 0.306 e. The van der Waals surface area contributed by atoms with E-state index in [0.29, 0.717) is 0 Å². The first-order valence-corrected chi connectivity index (χ1v) is 2.92. The molecule has 10 heavy (non-hydrogen) atoms. The Hall–Kier alpha value is -1.06. The van der Waals surface area contributed by atoms with E-state index in [1.165, 1.54) is 0 Å². The van der Waals surface area contributed by atoms with Gasteiger partial charge in [-0.15, -0.1) is 0 Å². The largest absolute Gasteiger partial charge is 0.481 e. The van der Waals surface area contributed by atoms with Crippen molar-refractivity contribution in [1.29, 1.82) is 0 Å². The molecule has 0 saturated heterocycles. The smallest absolute Gasteiger partial charge is 0.306 e. The molecule has 0 radical (unpaired) electrons. The molecule has 1 rings (SSSR count). The normalized spacial score (nSPS) is 39.6. The molecular formula is C6H8O4. The summed E-state index contributed by atoms with van der Waals surface area (Å²) in [6, 6.07) is 0. The van der Waals surface area contributed by atoms with Gasteiger partial charge in [-0.1, -0.05) is 0 Å². The second kappa shape index (κ2) is 2.28. The lowest BCUT2D eigenvalue weighted by molar-refractivity contribution is -0.154. The van der Waals surface area contributed by atoms with E-state index in [-0.39, 0.29) is 12.8 Å². The van der Waals surface area contributed by atoms with Crippen LogP contribution in [0.2, 0.25) is 0 Å². The highest BCUT2D eigenvalue weighted by atomic mass is 16.4. The van der Waals surface area contributed by atoms with Crippen LogP contribution in [0.5, 0.6) is 0 Å². The Morgan fingerprint density at radius 2 is 1.80 bits per heavy atom. The van der Waals surface area contributed by atoms with Crippen molar-refractivity contribution in [2.45, 2.75) is 12.8 Å². The Kier molecular flexibility index (Phi) is 1.30. The number of carboxylic acid groups (broad SMARTS) is 2. The van der Waals surface area contributed by atoms with E-state index >= 15 is 0 Å². The van der Waals surface area contributed by atoms with Crippen molar-refractivity contribution < 1.29 is 21.2 Å². The molecule has 0 aliphatic heterocycles. The highest BCUT2D eigenvalue weighted by molar-refractivity contribution is 5.77. The lowest BCUT2D eigenvalue weighted by atomic mass is 9.75. The molecule has 1 fully saturated rings. The summed E-state index contributed by atoms with van der Waals surface area (Å²) in [6.07, 6.45) is -0.144. The first-order chi connectivity index (χ1) is 4.96. The lowest BCUT2D eigenvalue weighted by Gasteiger charge is -2.28. The molecule has 0 amide bonds. The number of hydrogen-bond donors (Lipinski definition) is 2. The first kappa shape index (κ1) is 5.70. The molecule has 0 atom stereocenters. The minimum Gasteiger partial charge on any atom is -0.481 e. The van der Waals surface area contributed by atoms with Gasteiger partial charge < -0.3 is 10.2 Å². The molecule has 56 valence electrons. The van der Waals surface area contributed by atoms with Gasteiger partial charge in [-0.25, -0.2) is 0 Å². The van der Waals surface area contributed by atoms with Crippen LogP contribution in [-0.2, 0) is 9.59 Å². The van der Waals surface area contributed by atoms with Gasteiger partial charge in [-0.2, -0.15) is 0 Å². The molecule has 1 saturated carbocycles. The van der Waals surface area contributed by atoms with Gasteiger partial charge in [0.1, 0.15) is 0 Å². The van der Waals surface area contributed by atoms with Gasteiger partial charge in [0.15, 0.2) is 0 Å². The average molecular weight is 145 g/mol. The standard InChI is InChI=1S/C6H8O4/c7-5(8)3-1-4(2-3)6(9)10/h3-4H,1-2H2,(H,7,8)(H,9,10)/i3D. The fourth-order valence-electron chi connectivity index (χ4n) is 0.884. The molecule has 2 N–H and O–H groups in total. The number of rotatable bonds is 2. The van der Waals surface area contributed by atoms with Crippen LogP contribution in [0, 0.1) is 11.8 Å². The van der Waals surface area contributed by atoms with Crippen LogP contribution in [0.25, 0.3) is 0 Å². The van der Waals surface area contributed by atoms with Gasteiger partial charge in [0.05, 0.1) is 11.8 Å². The molecular weight excluding hydrogens is 136 g/mol. The van der Waals surface area contributed by atoms with Gasteiger partial charge in [0, 0.05) is 1.37 Å². The number of aliphatic carboxylic acids is 2. The predicted octanol–water partition coefficient (Wildman–Crippen LogP) is 0.182. The summed E-state index contributed by atoms with van der Waals surface area (Å²) in [4.78, 5) is 20.5. The second-order valence-electron chi connectivity index (χ2n) is 2.35. The molecule has 0 spiro atoms. The maximum atomic E-state index is 10.3. The van der Waals surface area contributed by atoms with Gasteiger partial charge in [0.2, 0.25) is 0 Å². The summed E-state index contributed by atoms with van der Waals surface area (Å²) in [5, 5.41) is 16.8. The van der Waals surface area contributed by atoms with Gasteiger partial charge in [-0.05, 0) is 12.8 Å². The van der Waals surface area contributed by atoms with E-state index in [1.807, 2.05) is 0 Å². The molecule has 0 aromatic carbocycles. The molecule has 0 aromatic heterocycles. The van der Waals surface area contributed by atoms with Crippen LogP contribution in [0.4, 0.5) is 0 Å². The third-order valence-corrected chi connectivity index (χ3v) is 1.64. The molecule has 4 heteroatoms. The minimum atomic E-state index is -1.54. The molecule has 0 aromatic rings. The topological polar surface area (TPSA) is 74.6 Å². The summed E-state index contributed by atoms with van der Waals surface area (Å²) in [5.74, 6) is -4.41. The highest BCUT2D eigenvalue weighted by Crippen LogP contribution is 2.33. The van der Waals surface area contributed by atoms with Crippen molar-refractivity contribution in [3.63, 3.8) is 0 Å². The van der Waals surface area contributed by atoms with Crippen molar-refractivity contribution >= 4 is 11.9 Å². The number of hydrogen-bond acceptors (Lipinski definition) is 2. The zero-order chi connectivity index (χ0) is 8.65. The summed E-state index contributed by atoms with van der Waals surface area (Å²) in [6.45, 7) is 0. The Morgan fingerprint density at radius 3 is 2.10 bits per heavy atom. The van der Waals surface area contributed by atoms with Crippen molar-refractivity contribution in [3.8, 4) is 0 Å². The highest BCUT2D eigenvalue weighted by Gasteiger charge is 2.38. The van der Waals surface area contributed by atoms with Gasteiger partial charge in [-0.3, -0.25) is 9.59 Å². The summed E-state index contributed by atoms with van der Waals surface area (Å²) >= 11 is 0. The molecule has 1 aliphatic carbocycles. The zero-order valence-electron chi connectivity index (χ0n) is 6.20. The lowest BCUT2D eigenvalue weighted by Crippen LogP contribution is -2.34. The van der Waals surface area contributed by atoms with Crippen molar-refractivity contribution in [2.24, 2.45) is 11.8 Å². The van der Waals surface area contributed by atoms with Crippen molar-refractivity contribution in [1.82, 2.24) is 0 Å². The molecule has 0 unspecified atom stereocenters. The van der Waals surface area contributed by atoms with Crippen LogP contribution < -0.4 is 0 Å². The summed E-state index contributed by atoms with van der Waals surface area (Å²) in [7, 11) is 0. The van der Waals surface area contributed by atoms with Crippen LogP contribution in [0.3, 0.4) is 0 Å². The zero-order valence-corrected chi connectivity index (χ0v) is 5.20. The van der Waals surface area contributed by atoms with Crippen LogP contribution in [0.1, 0.15) is 14.2 Å². The first-order valence-electron chi connectivity index (χ1n) is 3.42. The molecule has 0 heterocycles. The monoisotopic (exact) mass is 145 g/mol. The molecule has 1 aliphatic rings. The van der Waals surface area contributed by atoms with E-state index < -0.39 is 23.8 Å². The average Bonchev–Trinajstić information content (AvgIpc) is 1.79. The Bertz CT molecular complexity index is 207. The minimum absolute atomic E-state index is 0.0718. The number of carboxylic acids is 2. The van der Waals surface area contributed by atoms with Crippen molar-refractivity contribution in [3.05, 3.63) is 0 Å². The van der Waals surface area contributed by atoms with E-state index in [2.05, 4.69) is 0 Å². The summed E-state index contributed by atoms with van der Waals surface area (Å²) in [5.41, 5.74) is 0. The van der Waals surface area contributed by atoms with Crippen LogP contribution in [-0.4, -0.2) is 22.2 Å². The van der Waals surface area contributed by atoms with E-state index in [0.717, 1.165) is 0 Å². The molecule has 4 nitrogen and oxygen atoms in total. The van der Waals surface area contributed by atoms with Crippen molar-refractivity contribution in [2.75, 3.05) is 0 Å². The quantitative estimate of drug-likeness (QED) is 0.581. The van der Waals surface area contributed by atoms with Gasteiger partial charge in [0.25, 0.3) is 0 Å². The van der Waals surface area contributed by atoms with Crippen LogP contribution in [0.15, 0.2) is 0 Å². The SMILES string of the molecule is [2H]C1(C(=O)O)CC(C(=O)O)C1. The van der Waals surface area contributed by atoms with Crippen LogP contribution >= 0.6 is 0 Å². The number of carbonyl (C=O) groups is 2. The fraction of sp³-hybridized carbons (Fsp3) is 0.667. The van der Waals surface area contributed by atoms with E-state index in [1.54, 1.807) is 0 Å². The maximum absolute atomic E-state index is 10.3. The third kappa shape index (κ3) is 1.10. The predicted molar refractivity (Wildman–Crippen MR) is 31.5 cm³/mol. The Labute approximate surface area is 58.9 Å². The van der Waals surface area contributed by atoms with E-state index in [9.17, 15) is 9.59 Å². The molecule has 0 bridgehead atoms. The third-order valence-electron chi connectivity index (χ3n) is 1.64. The fourth-order valence-corrected chi connectivity index (χ4v) is 0.884. The second-order valence-corrected chi connectivity index (χ2v) is 2.35. The summed E-state index contributed by atoms with van der Waals surface area (Å²) < 4.78 is 7.18. The van der Waals surface area contributed by atoms with E-state index in [4.69, 9.17) is 11.6 Å².